The summed E-state index contributed by atoms with van der Waals surface area (Å²) in [5, 5.41) is 2.09. The van der Waals surface area contributed by atoms with Crippen molar-refractivity contribution in [3.63, 3.8) is 0 Å². The molecule has 0 heterocycles. The number of halogens is 4. The maximum absolute atomic E-state index is 13.4. The lowest BCUT2D eigenvalue weighted by Gasteiger charge is -2.25. The third kappa shape index (κ3) is 6.09. The minimum atomic E-state index is -4.80. The highest BCUT2D eigenvalue weighted by Gasteiger charge is 2.35. The van der Waals surface area contributed by atoms with Crippen LogP contribution in [-0.4, -0.2) is 27.4 Å². The first-order chi connectivity index (χ1) is 16.0. The Morgan fingerprint density at radius 2 is 1.59 bits per heavy atom. The molecule has 0 aliphatic rings. The lowest BCUT2D eigenvalue weighted by atomic mass is 10.0. The van der Waals surface area contributed by atoms with Gasteiger partial charge in [0.2, 0.25) is 5.91 Å². The van der Waals surface area contributed by atoms with E-state index >= 15 is 0 Å². The van der Waals surface area contributed by atoms with Crippen LogP contribution in [0.5, 0.6) is 0 Å². The van der Waals surface area contributed by atoms with Gasteiger partial charge in [0.1, 0.15) is 6.54 Å². The van der Waals surface area contributed by atoms with Crippen molar-refractivity contribution < 1.29 is 26.4 Å². The lowest BCUT2D eigenvalue weighted by molar-refractivity contribution is -0.137. The molecule has 0 radical (unpaired) electrons. The molecule has 0 saturated carbocycles. The molecule has 10 heteroatoms. The van der Waals surface area contributed by atoms with E-state index in [1.54, 1.807) is 6.07 Å². The molecule has 0 spiro atoms. The summed E-state index contributed by atoms with van der Waals surface area (Å²) in [4.78, 5) is 12.6. The largest absolute Gasteiger partial charge is 0.417 e. The first kappa shape index (κ1) is 25.6. The van der Waals surface area contributed by atoms with Crippen molar-refractivity contribution in [2.45, 2.75) is 23.9 Å². The number of alkyl halides is 3. The van der Waals surface area contributed by atoms with Crippen LogP contribution in [0, 0.1) is 0 Å². The van der Waals surface area contributed by atoms with Crippen molar-refractivity contribution in [2.24, 2.45) is 0 Å². The summed E-state index contributed by atoms with van der Waals surface area (Å²) in [7, 11) is -4.35. The van der Waals surface area contributed by atoms with Gasteiger partial charge in [-0.3, -0.25) is 9.10 Å². The van der Waals surface area contributed by atoms with E-state index in [9.17, 15) is 26.4 Å². The van der Waals surface area contributed by atoms with Gasteiger partial charge in [-0.15, -0.1) is 0 Å². The number of hydrogen-bond donors (Lipinski definition) is 1. The summed E-state index contributed by atoms with van der Waals surface area (Å²) < 4.78 is 67.5. The number of amides is 1. The minimum absolute atomic E-state index is 0.0586. The molecule has 5 nitrogen and oxygen atoms in total. The molecular formula is C24H22ClF3N2O3S. The van der Waals surface area contributed by atoms with Gasteiger partial charge in [-0.1, -0.05) is 67.1 Å². The van der Waals surface area contributed by atoms with Gasteiger partial charge in [-0.25, -0.2) is 8.42 Å². The Morgan fingerprint density at radius 1 is 1.00 bits per heavy atom. The van der Waals surface area contributed by atoms with Gasteiger partial charge in [0, 0.05) is 6.54 Å². The molecule has 1 amide bonds. The highest BCUT2D eigenvalue weighted by atomic mass is 35.5. The number of rotatable bonds is 8. The second kappa shape index (κ2) is 10.5. The van der Waals surface area contributed by atoms with Crippen LogP contribution in [-0.2, 0) is 21.0 Å². The number of nitrogens with zero attached hydrogens (tertiary/aromatic N) is 1. The third-order valence-corrected chi connectivity index (χ3v) is 7.25. The number of carbonyl (C=O) groups is 1. The zero-order valence-electron chi connectivity index (χ0n) is 18.1. The standard InChI is InChI=1S/C24H22ClF3N2O3S/c1-17(18-8-4-2-5-9-18)15-29-23(31)16-30(34(32,33)20-10-6-3-7-11-20)19-12-13-22(25)21(14-19)24(26,27)28/h2-14,17H,15-16H2,1H3,(H,29,31). The Labute approximate surface area is 201 Å². The second-order valence-corrected chi connectivity index (χ2v) is 9.87. The van der Waals surface area contributed by atoms with Gasteiger partial charge in [-0.2, -0.15) is 13.2 Å². The molecule has 0 fully saturated rings. The van der Waals surface area contributed by atoms with Crippen LogP contribution in [0.15, 0.2) is 83.8 Å². The average molecular weight is 511 g/mol. The Bertz CT molecular complexity index is 1240. The van der Waals surface area contributed by atoms with E-state index in [1.807, 2.05) is 37.3 Å². The van der Waals surface area contributed by atoms with Crippen molar-refractivity contribution in [3.05, 3.63) is 95.0 Å². The van der Waals surface area contributed by atoms with Crippen molar-refractivity contribution in [1.82, 2.24) is 5.32 Å². The Morgan fingerprint density at radius 3 is 2.18 bits per heavy atom. The molecule has 1 unspecified atom stereocenters. The van der Waals surface area contributed by atoms with Crippen molar-refractivity contribution in [3.8, 4) is 0 Å². The van der Waals surface area contributed by atoms with Crippen LogP contribution in [0.2, 0.25) is 5.02 Å². The molecule has 0 bridgehead atoms. The molecule has 0 aliphatic carbocycles. The van der Waals surface area contributed by atoms with E-state index in [-0.39, 0.29) is 23.0 Å². The molecule has 3 aromatic carbocycles. The second-order valence-electron chi connectivity index (χ2n) is 7.60. The van der Waals surface area contributed by atoms with E-state index in [2.05, 4.69) is 5.32 Å². The van der Waals surface area contributed by atoms with E-state index < -0.39 is 39.2 Å². The van der Waals surface area contributed by atoms with Crippen LogP contribution < -0.4 is 9.62 Å². The first-order valence-electron chi connectivity index (χ1n) is 10.3. The number of benzene rings is 3. The third-order valence-electron chi connectivity index (χ3n) is 5.14. The Kier molecular flexibility index (Phi) is 7.89. The minimum Gasteiger partial charge on any atom is -0.354 e. The van der Waals surface area contributed by atoms with Crippen molar-refractivity contribution in [1.29, 1.82) is 0 Å². The monoisotopic (exact) mass is 510 g/mol. The van der Waals surface area contributed by atoms with Crippen molar-refractivity contribution in [2.75, 3.05) is 17.4 Å². The predicted molar refractivity (Wildman–Crippen MR) is 125 cm³/mol. The summed E-state index contributed by atoms with van der Waals surface area (Å²) in [5.41, 5.74) is -0.547. The van der Waals surface area contributed by atoms with Gasteiger partial charge < -0.3 is 5.32 Å². The lowest BCUT2D eigenvalue weighted by Crippen LogP contribution is -2.41. The maximum Gasteiger partial charge on any atom is 0.417 e. The fraction of sp³-hybridized carbons (Fsp3) is 0.208. The summed E-state index contributed by atoms with van der Waals surface area (Å²) in [6, 6.07) is 19.3. The molecule has 0 saturated heterocycles. The maximum atomic E-state index is 13.4. The molecule has 3 rings (SSSR count). The summed E-state index contributed by atoms with van der Waals surface area (Å²) in [6.45, 7) is 1.40. The fourth-order valence-corrected chi connectivity index (χ4v) is 4.93. The van der Waals surface area contributed by atoms with Gasteiger partial charge in [-0.05, 0) is 41.8 Å². The van der Waals surface area contributed by atoms with Crippen LogP contribution >= 0.6 is 11.6 Å². The van der Waals surface area contributed by atoms with E-state index in [0.717, 1.165) is 17.7 Å². The fourth-order valence-electron chi connectivity index (χ4n) is 3.27. The average Bonchev–Trinajstić information content (AvgIpc) is 2.81. The summed E-state index contributed by atoms with van der Waals surface area (Å²) >= 11 is 5.70. The molecule has 3 aromatic rings. The summed E-state index contributed by atoms with van der Waals surface area (Å²) in [5.74, 6) is -0.720. The van der Waals surface area contributed by atoms with Gasteiger partial charge in [0.05, 0.1) is 21.2 Å². The van der Waals surface area contributed by atoms with Gasteiger partial charge >= 0.3 is 6.18 Å². The molecular weight excluding hydrogens is 489 g/mol. The molecule has 180 valence electrons. The Balaban J connectivity index is 1.91. The van der Waals surface area contributed by atoms with E-state index in [4.69, 9.17) is 11.6 Å². The highest BCUT2D eigenvalue weighted by molar-refractivity contribution is 7.92. The summed E-state index contributed by atoms with van der Waals surface area (Å²) in [6.07, 6.45) is -4.80. The molecule has 1 N–H and O–H groups in total. The molecule has 34 heavy (non-hydrogen) atoms. The predicted octanol–water partition coefficient (Wildman–Crippen LogP) is 5.47. The van der Waals surface area contributed by atoms with Gasteiger partial charge in [0.25, 0.3) is 10.0 Å². The van der Waals surface area contributed by atoms with E-state index in [0.29, 0.717) is 10.4 Å². The highest BCUT2D eigenvalue weighted by Crippen LogP contribution is 2.38. The van der Waals surface area contributed by atoms with Crippen molar-refractivity contribution >= 4 is 33.2 Å². The van der Waals surface area contributed by atoms with Crippen LogP contribution in [0.4, 0.5) is 18.9 Å². The molecule has 1 atom stereocenters. The number of anilines is 1. The molecule has 0 aliphatic heterocycles. The smallest absolute Gasteiger partial charge is 0.354 e. The normalized spacial score (nSPS) is 12.7. The van der Waals surface area contributed by atoms with Crippen LogP contribution in [0.3, 0.4) is 0 Å². The number of carbonyl (C=O) groups excluding carboxylic acids is 1. The Hall–Kier alpha value is -3.04. The van der Waals surface area contributed by atoms with E-state index in [1.165, 1.54) is 24.3 Å². The number of nitrogens with one attached hydrogen (secondary N) is 1. The SMILES string of the molecule is CC(CNC(=O)CN(c1ccc(Cl)c(C(F)(F)F)c1)S(=O)(=O)c1ccccc1)c1ccccc1. The first-order valence-corrected chi connectivity index (χ1v) is 12.1. The quantitative estimate of drug-likeness (QED) is 0.437. The zero-order chi connectivity index (χ0) is 24.9. The van der Waals surface area contributed by atoms with Crippen LogP contribution in [0.1, 0.15) is 24.0 Å². The van der Waals surface area contributed by atoms with Gasteiger partial charge in [0.15, 0.2) is 0 Å². The molecule has 0 aromatic heterocycles. The van der Waals surface area contributed by atoms with Crippen LogP contribution in [0.25, 0.3) is 0 Å². The number of sulfonamides is 1. The topological polar surface area (TPSA) is 66.5 Å². The zero-order valence-corrected chi connectivity index (χ0v) is 19.7. The number of hydrogen-bond acceptors (Lipinski definition) is 3.